The Hall–Kier alpha value is -1.14. The van der Waals surface area contributed by atoms with E-state index in [1.165, 1.54) is 0 Å². The molecule has 1 saturated heterocycles. The molecule has 1 atom stereocenters. The number of rotatable bonds is 4. The van der Waals surface area contributed by atoms with E-state index < -0.39 is 0 Å². The number of halogens is 1. The zero-order valence-electron chi connectivity index (χ0n) is 10.9. The first-order chi connectivity index (χ1) is 9.16. The molecule has 19 heavy (non-hydrogen) atoms. The number of hydrogen-bond acceptors (Lipinski definition) is 4. The lowest BCUT2D eigenvalue weighted by molar-refractivity contribution is -0.120. The van der Waals surface area contributed by atoms with Gasteiger partial charge in [0.05, 0.1) is 18.0 Å². The van der Waals surface area contributed by atoms with Crippen LogP contribution >= 0.6 is 15.9 Å². The second-order valence-corrected chi connectivity index (χ2v) is 5.83. The number of aromatic nitrogens is 1. The molecule has 1 aliphatic heterocycles. The zero-order chi connectivity index (χ0) is 13.7. The molecule has 0 saturated carbocycles. The summed E-state index contributed by atoms with van der Waals surface area (Å²) in [4.78, 5) is 17.9. The third-order valence-electron chi connectivity index (χ3n) is 2.97. The van der Waals surface area contributed by atoms with E-state index in [0.29, 0.717) is 6.54 Å². The molecule has 5 nitrogen and oxygen atoms in total. The van der Waals surface area contributed by atoms with Gasteiger partial charge in [-0.3, -0.25) is 4.79 Å². The summed E-state index contributed by atoms with van der Waals surface area (Å²) in [5, 5.41) is 2.84. The van der Waals surface area contributed by atoms with Crippen LogP contribution < -0.4 is 10.2 Å². The molecule has 1 aromatic rings. The highest BCUT2D eigenvalue weighted by atomic mass is 79.9. The molecule has 0 aromatic carbocycles. The van der Waals surface area contributed by atoms with Gasteiger partial charge in [0.1, 0.15) is 5.82 Å². The van der Waals surface area contributed by atoms with Crippen LogP contribution in [0.15, 0.2) is 18.3 Å². The Morgan fingerprint density at radius 1 is 1.53 bits per heavy atom. The van der Waals surface area contributed by atoms with Crippen molar-refractivity contribution in [3.8, 4) is 0 Å². The molecule has 0 radical (unpaired) electrons. The van der Waals surface area contributed by atoms with Crippen molar-refractivity contribution in [1.82, 2.24) is 10.3 Å². The third-order valence-corrected chi connectivity index (χ3v) is 3.39. The van der Waals surface area contributed by atoms with Crippen LogP contribution in [0.1, 0.15) is 12.5 Å². The van der Waals surface area contributed by atoms with Gasteiger partial charge in [-0.05, 0) is 18.6 Å². The lowest BCUT2D eigenvalue weighted by Crippen LogP contribution is -2.36. The van der Waals surface area contributed by atoms with E-state index in [2.05, 4.69) is 31.1 Å². The lowest BCUT2D eigenvalue weighted by atomic mass is 10.2. The van der Waals surface area contributed by atoms with Gasteiger partial charge in [-0.15, -0.1) is 0 Å². The molecule has 1 aliphatic rings. The van der Waals surface area contributed by atoms with Crippen LogP contribution in [0.3, 0.4) is 0 Å². The first kappa shape index (κ1) is 14.3. The predicted molar refractivity (Wildman–Crippen MR) is 77.5 cm³/mol. The molecule has 1 fully saturated rings. The molecule has 1 amide bonds. The quantitative estimate of drug-likeness (QED) is 0.847. The van der Waals surface area contributed by atoms with E-state index >= 15 is 0 Å². The van der Waals surface area contributed by atoms with Crippen LogP contribution in [0, 0.1) is 0 Å². The van der Waals surface area contributed by atoms with Crippen molar-refractivity contribution in [2.45, 2.75) is 18.3 Å². The van der Waals surface area contributed by atoms with Gasteiger partial charge in [0.25, 0.3) is 0 Å². The van der Waals surface area contributed by atoms with Crippen molar-refractivity contribution < 1.29 is 9.53 Å². The summed E-state index contributed by atoms with van der Waals surface area (Å²) in [7, 11) is 0. The minimum absolute atomic E-state index is 0.0164. The smallest absolute Gasteiger partial charge is 0.233 e. The normalized spacial score (nSPS) is 17.1. The molecule has 1 unspecified atom stereocenters. The van der Waals surface area contributed by atoms with E-state index in [4.69, 9.17) is 4.74 Å². The van der Waals surface area contributed by atoms with E-state index in [-0.39, 0.29) is 10.7 Å². The largest absolute Gasteiger partial charge is 0.378 e. The van der Waals surface area contributed by atoms with E-state index in [1.807, 2.05) is 18.3 Å². The molecule has 104 valence electrons. The monoisotopic (exact) mass is 327 g/mol. The molecule has 1 N–H and O–H groups in total. The van der Waals surface area contributed by atoms with E-state index in [9.17, 15) is 4.79 Å². The fourth-order valence-corrected chi connectivity index (χ4v) is 1.99. The SMILES string of the molecule is CC(Br)C(=O)NCc1ccc(N2CCOCC2)nc1. The maximum absolute atomic E-state index is 11.4. The molecule has 2 rings (SSSR count). The van der Waals surface area contributed by atoms with Crippen LogP contribution in [0.2, 0.25) is 0 Å². The van der Waals surface area contributed by atoms with Crippen LogP contribution in [-0.2, 0) is 16.1 Å². The number of carbonyl (C=O) groups excluding carboxylic acids is 1. The molecule has 0 bridgehead atoms. The fourth-order valence-electron chi connectivity index (χ4n) is 1.83. The topological polar surface area (TPSA) is 54.5 Å². The summed E-state index contributed by atoms with van der Waals surface area (Å²) in [5.74, 6) is 0.949. The number of pyridine rings is 1. The highest BCUT2D eigenvalue weighted by Crippen LogP contribution is 2.13. The first-order valence-corrected chi connectivity index (χ1v) is 7.28. The molecule has 6 heteroatoms. The van der Waals surface area contributed by atoms with Crippen LogP contribution in [0.5, 0.6) is 0 Å². The number of ether oxygens (including phenoxy) is 1. The maximum atomic E-state index is 11.4. The summed E-state index contributed by atoms with van der Waals surface area (Å²) in [6.07, 6.45) is 1.81. The standard InChI is InChI=1S/C13H18BrN3O2/c1-10(14)13(18)16-9-11-2-3-12(15-8-11)17-4-6-19-7-5-17/h2-3,8,10H,4-7,9H2,1H3,(H,16,18). The van der Waals surface area contributed by atoms with Crippen molar-refractivity contribution in [1.29, 1.82) is 0 Å². The van der Waals surface area contributed by atoms with E-state index in [1.54, 1.807) is 6.92 Å². The second-order valence-electron chi connectivity index (χ2n) is 4.46. The lowest BCUT2D eigenvalue weighted by Gasteiger charge is -2.27. The van der Waals surface area contributed by atoms with Gasteiger partial charge in [-0.1, -0.05) is 22.0 Å². The number of alkyl halides is 1. The number of hydrogen-bond donors (Lipinski definition) is 1. The van der Waals surface area contributed by atoms with Gasteiger partial charge >= 0.3 is 0 Å². The van der Waals surface area contributed by atoms with Crippen molar-refractivity contribution in [2.24, 2.45) is 0 Å². The Bertz CT molecular complexity index is 416. The van der Waals surface area contributed by atoms with Crippen molar-refractivity contribution in [3.05, 3.63) is 23.9 Å². The number of nitrogens with zero attached hydrogens (tertiary/aromatic N) is 2. The highest BCUT2D eigenvalue weighted by molar-refractivity contribution is 9.10. The first-order valence-electron chi connectivity index (χ1n) is 6.36. The highest BCUT2D eigenvalue weighted by Gasteiger charge is 2.12. The van der Waals surface area contributed by atoms with Gasteiger partial charge in [0.2, 0.25) is 5.91 Å². The summed E-state index contributed by atoms with van der Waals surface area (Å²) in [5.41, 5.74) is 0.999. The molecule has 0 aliphatic carbocycles. The van der Waals surface area contributed by atoms with Crippen LogP contribution in [0.4, 0.5) is 5.82 Å². The predicted octanol–water partition coefficient (Wildman–Crippen LogP) is 1.32. The summed E-state index contributed by atoms with van der Waals surface area (Å²) in [6, 6.07) is 3.99. The van der Waals surface area contributed by atoms with Crippen molar-refractivity contribution in [2.75, 3.05) is 31.2 Å². The van der Waals surface area contributed by atoms with Gasteiger partial charge in [-0.25, -0.2) is 4.98 Å². The minimum atomic E-state index is -0.173. The Labute approximate surface area is 121 Å². The Morgan fingerprint density at radius 2 is 2.26 bits per heavy atom. The minimum Gasteiger partial charge on any atom is -0.378 e. The van der Waals surface area contributed by atoms with E-state index in [0.717, 1.165) is 37.7 Å². The summed E-state index contributed by atoms with van der Waals surface area (Å²) >= 11 is 3.23. The fraction of sp³-hybridized carbons (Fsp3) is 0.538. The molecular weight excluding hydrogens is 310 g/mol. The average molecular weight is 328 g/mol. The Balaban J connectivity index is 1.89. The van der Waals surface area contributed by atoms with Gasteiger partial charge < -0.3 is 15.0 Å². The Morgan fingerprint density at radius 3 is 2.84 bits per heavy atom. The summed E-state index contributed by atoms with van der Waals surface area (Å²) in [6.45, 7) is 5.57. The maximum Gasteiger partial charge on any atom is 0.233 e. The van der Waals surface area contributed by atoms with Crippen molar-refractivity contribution in [3.63, 3.8) is 0 Å². The second kappa shape index (κ2) is 6.86. The Kier molecular flexibility index (Phi) is 5.15. The summed E-state index contributed by atoms with van der Waals surface area (Å²) < 4.78 is 5.31. The molecule has 2 heterocycles. The molecule has 0 spiro atoms. The zero-order valence-corrected chi connectivity index (χ0v) is 12.5. The van der Waals surface area contributed by atoms with Crippen molar-refractivity contribution >= 4 is 27.7 Å². The van der Waals surface area contributed by atoms with Gasteiger partial charge in [-0.2, -0.15) is 0 Å². The number of carbonyl (C=O) groups is 1. The number of amides is 1. The third kappa shape index (κ3) is 4.18. The van der Waals surface area contributed by atoms with Gasteiger partial charge in [0.15, 0.2) is 0 Å². The van der Waals surface area contributed by atoms with Crippen LogP contribution in [0.25, 0.3) is 0 Å². The number of morpholine rings is 1. The van der Waals surface area contributed by atoms with Crippen LogP contribution in [-0.4, -0.2) is 42.0 Å². The number of anilines is 1. The number of nitrogens with one attached hydrogen (secondary N) is 1. The van der Waals surface area contributed by atoms with Gasteiger partial charge in [0, 0.05) is 25.8 Å². The average Bonchev–Trinajstić information content (AvgIpc) is 2.46. The molecular formula is C13H18BrN3O2. The molecule has 1 aromatic heterocycles.